The summed E-state index contributed by atoms with van der Waals surface area (Å²) < 4.78 is 5.43. The van der Waals surface area contributed by atoms with Gasteiger partial charge < -0.3 is 15.4 Å². The molecule has 30 heavy (non-hydrogen) atoms. The van der Waals surface area contributed by atoms with E-state index >= 15 is 0 Å². The zero-order valence-corrected chi connectivity index (χ0v) is 18.1. The summed E-state index contributed by atoms with van der Waals surface area (Å²) in [6, 6.07) is 6.11. The fourth-order valence-electron chi connectivity index (χ4n) is 4.47. The maximum absolute atomic E-state index is 13.2. The Bertz CT molecular complexity index is 873. The number of nitrogens with zero attached hydrogens (tertiary/aromatic N) is 3. The number of para-hydroxylation sites is 1. The van der Waals surface area contributed by atoms with E-state index in [2.05, 4.69) is 34.4 Å². The second kappa shape index (κ2) is 9.27. The van der Waals surface area contributed by atoms with Gasteiger partial charge in [-0.3, -0.25) is 9.69 Å². The number of aromatic nitrogens is 2. The van der Waals surface area contributed by atoms with Crippen LogP contribution in [0.15, 0.2) is 24.4 Å². The van der Waals surface area contributed by atoms with E-state index in [9.17, 15) is 4.79 Å². The molecule has 1 aliphatic heterocycles. The lowest BCUT2D eigenvalue weighted by Crippen LogP contribution is -2.53. The highest BCUT2D eigenvalue weighted by Gasteiger charge is 2.26. The Labute approximate surface area is 178 Å². The predicted molar refractivity (Wildman–Crippen MR) is 119 cm³/mol. The van der Waals surface area contributed by atoms with E-state index in [4.69, 9.17) is 9.72 Å². The van der Waals surface area contributed by atoms with Crippen LogP contribution in [0.25, 0.3) is 10.9 Å². The maximum atomic E-state index is 13.2. The normalized spacial score (nSPS) is 19.0. The topological polar surface area (TPSA) is 79.4 Å². The molecule has 4 rings (SSSR count). The second-order valence-corrected chi connectivity index (χ2v) is 9.14. The van der Waals surface area contributed by atoms with E-state index in [1.54, 1.807) is 0 Å². The SMILES string of the molecule is CC(C)(CN1CCOCC1)NC(=O)c1cccc2cnc(NC3CCCCC3)nc12. The molecular formula is C23H33N5O2. The molecule has 0 unspecified atom stereocenters. The lowest BCUT2D eigenvalue weighted by molar-refractivity contribution is 0.0269. The third-order valence-corrected chi connectivity index (χ3v) is 5.97. The molecule has 1 aliphatic carbocycles. The van der Waals surface area contributed by atoms with Crippen LogP contribution < -0.4 is 10.6 Å². The maximum Gasteiger partial charge on any atom is 0.253 e. The Kier molecular flexibility index (Phi) is 6.49. The predicted octanol–water partition coefficient (Wildman–Crippen LogP) is 3.22. The minimum Gasteiger partial charge on any atom is -0.379 e. The molecule has 0 spiro atoms. The quantitative estimate of drug-likeness (QED) is 0.760. The van der Waals surface area contributed by atoms with Gasteiger partial charge in [-0.1, -0.05) is 31.4 Å². The molecule has 2 fully saturated rings. The molecule has 7 nitrogen and oxygen atoms in total. The van der Waals surface area contributed by atoms with Crippen LogP contribution in [0.3, 0.4) is 0 Å². The molecule has 1 amide bonds. The van der Waals surface area contributed by atoms with Gasteiger partial charge in [0.25, 0.3) is 5.91 Å². The number of amides is 1. The van der Waals surface area contributed by atoms with Crippen molar-refractivity contribution in [2.45, 2.75) is 57.5 Å². The van der Waals surface area contributed by atoms with Crippen LogP contribution in [0.2, 0.25) is 0 Å². The Morgan fingerprint density at radius 3 is 2.73 bits per heavy atom. The first kappa shape index (κ1) is 21.0. The molecule has 2 aliphatic rings. The van der Waals surface area contributed by atoms with E-state index in [0.29, 0.717) is 23.1 Å². The van der Waals surface area contributed by atoms with Crippen LogP contribution in [-0.2, 0) is 4.74 Å². The Morgan fingerprint density at radius 2 is 1.97 bits per heavy atom. The van der Waals surface area contributed by atoms with Gasteiger partial charge in [-0.2, -0.15) is 0 Å². The van der Waals surface area contributed by atoms with Gasteiger partial charge >= 0.3 is 0 Å². The zero-order chi connectivity index (χ0) is 21.0. The summed E-state index contributed by atoms with van der Waals surface area (Å²) in [6.45, 7) is 8.22. The van der Waals surface area contributed by atoms with Crippen molar-refractivity contribution in [1.82, 2.24) is 20.2 Å². The Hall–Kier alpha value is -2.25. The average molecular weight is 412 g/mol. The van der Waals surface area contributed by atoms with Crippen molar-refractivity contribution in [3.8, 4) is 0 Å². The molecule has 2 N–H and O–H groups in total. The lowest BCUT2D eigenvalue weighted by Gasteiger charge is -2.35. The highest BCUT2D eigenvalue weighted by Crippen LogP contribution is 2.23. The molecule has 2 heterocycles. The number of fused-ring (bicyclic) bond motifs is 1. The summed E-state index contributed by atoms with van der Waals surface area (Å²) in [6.07, 6.45) is 7.91. The summed E-state index contributed by atoms with van der Waals surface area (Å²) in [5.74, 6) is 0.517. The Balaban J connectivity index is 1.50. The molecule has 1 aromatic carbocycles. The van der Waals surface area contributed by atoms with Crippen molar-refractivity contribution in [3.63, 3.8) is 0 Å². The number of carbonyl (C=O) groups excluding carboxylic acids is 1. The van der Waals surface area contributed by atoms with Crippen LogP contribution >= 0.6 is 0 Å². The van der Waals surface area contributed by atoms with Crippen LogP contribution in [0.1, 0.15) is 56.3 Å². The molecule has 162 valence electrons. The fraction of sp³-hybridized carbons (Fsp3) is 0.609. The third-order valence-electron chi connectivity index (χ3n) is 5.97. The van der Waals surface area contributed by atoms with Crippen molar-refractivity contribution in [2.75, 3.05) is 38.2 Å². The molecular weight excluding hydrogens is 378 g/mol. The van der Waals surface area contributed by atoms with E-state index in [0.717, 1.165) is 51.1 Å². The molecule has 0 radical (unpaired) electrons. The van der Waals surface area contributed by atoms with Crippen LogP contribution in [-0.4, -0.2) is 65.2 Å². The fourth-order valence-corrected chi connectivity index (χ4v) is 4.47. The lowest BCUT2D eigenvalue weighted by atomic mass is 9.96. The van der Waals surface area contributed by atoms with Crippen molar-refractivity contribution >= 4 is 22.8 Å². The van der Waals surface area contributed by atoms with Crippen LogP contribution in [0, 0.1) is 0 Å². The summed E-state index contributed by atoms with van der Waals surface area (Å²) in [5, 5.41) is 7.56. The minimum absolute atomic E-state index is 0.0961. The van der Waals surface area contributed by atoms with Gasteiger partial charge in [0.05, 0.1) is 24.3 Å². The van der Waals surface area contributed by atoms with E-state index in [-0.39, 0.29) is 11.4 Å². The first-order valence-corrected chi connectivity index (χ1v) is 11.2. The number of ether oxygens (including phenoxy) is 1. The minimum atomic E-state index is -0.354. The number of benzene rings is 1. The van der Waals surface area contributed by atoms with Gasteiger partial charge in [0.15, 0.2) is 0 Å². The number of hydrogen-bond acceptors (Lipinski definition) is 6. The van der Waals surface area contributed by atoms with Crippen molar-refractivity contribution in [3.05, 3.63) is 30.0 Å². The summed E-state index contributed by atoms with van der Waals surface area (Å²) >= 11 is 0. The van der Waals surface area contributed by atoms with Gasteiger partial charge in [-0.05, 0) is 32.8 Å². The number of rotatable bonds is 6. The molecule has 0 atom stereocenters. The number of morpholine rings is 1. The molecule has 1 aromatic heterocycles. The van der Waals surface area contributed by atoms with Crippen molar-refractivity contribution < 1.29 is 9.53 Å². The first-order chi connectivity index (χ1) is 14.5. The number of hydrogen-bond donors (Lipinski definition) is 2. The average Bonchev–Trinajstić information content (AvgIpc) is 2.74. The summed E-state index contributed by atoms with van der Waals surface area (Å²) in [5.41, 5.74) is 0.939. The largest absolute Gasteiger partial charge is 0.379 e. The first-order valence-electron chi connectivity index (χ1n) is 11.2. The van der Waals surface area contributed by atoms with Gasteiger partial charge in [0.1, 0.15) is 0 Å². The zero-order valence-electron chi connectivity index (χ0n) is 18.1. The van der Waals surface area contributed by atoms with Gasteiger partial charge in [0.2, 0.25) is 5.95 Å². The highest BCUT2D eigenvalue weighted by molar-refractivity contribution is 6.05. The Morgan fingerprint density at radius 1 is 1.20 bits per heavy atom. The second-order valence-electron chi connectivity index (χ2n) is 9.14. The van der Waals surface area contributed by atoms with Gasteiger partial charge in [0, 0.05) is 42.8 Å². The number of carbonyl (C=O) groups is 1. The monoisotopic (exact) mass is 411 g/mol. The van der Waals surface area contributed by atoms with E-state index < -0.39 is 0 Å². The third kappa shape index (κ3) is 5.26. The molecule has 2 aromatic rings. The van der Waals surface area contributed by atoms with E-state index in [1.807, 2.05) is 24.4 Å². The molecule has 0 bridgehead atoms. The van der Waals surface area contributed by atoms with E-state index in [1.165, 1.54) is 19.3 Å². The van der Waals surface area contributed by atoms with Gasteiger partial charge in [-0.15, -0.1) is 0 Å². The molecule has 1 saturated heterocycles. The highest BCUT2D eigenvalue weighted by atomic mass is 16.5. The smallest absolute Gasteiger partial charge is 0.253 e. The van der Waals surface area contributed by atoms with Crippen molar-refractivity contribution in [2.24, 2.45) is 0 Å². The standard InChI is InChI=1S/C23H33N5O2/c1-23(2,16-28-11-13-30-14-12-28)27-21(29)19-10-6-7-17-15-24-22(26-20(17)19)25-18-8-4-3-5-9-18/h6-7,10,15,18H,3-5,8-9,11-14,16H2,1-2H3,(H,27,29)(H,24,25,26). The summed E-state index contributed by atoms with van der Waals surface area (Å²) in [4.78, 5) is 24.7. The molecule has 7 heteroatoms. The van der Waals surface area contributed by atoms with Crippen molar-refractivity contribution in [1.29, 1.82) is 0 Å². The summed E-state index contributed by atoms with van der Waals surface area (Å²) in [7, 11) is 0. The number of anilines is 1. The van der Waals surface area contributed by atoms with Gasteiger partial charge in [-0.25, -0.2) is 9.97 Å². The van der Waals surface area contributed by atoms with Crippen LogP contribution in [0.5, 0.6) is 0 Å². The van der Waals surface area contributed by atoms with Crippen LogP contribution in [0.4, 0.5) is 5.95 Å². The number of nitrogens with one attached hydrogen (secondary N) is 2. The molecule has 1 saturated carbocycles.